The maximum atomic E-state index is 13.9. The molecule has 2 aromatic rings. The van der Waals surface area contributed by atoms with E-state index in [-0.39, 0.29) is 12.4 Å². The fourth-order valence-corrected chi connectivity index (χ4v) is 5.14. The van der Waals surface area contributed by atoms with Crippen molar-refractivity contribution in [2.45, 2.75) is 37.2 Å². The topological polar surface area (TPSA) is 49.4 Å². The number of hydrogen-bond donors (Lipinski definition) is 1. The van der Waals surface area contributed by atoms with Gasteiger partial charge in [-0.05, 0) is 36.6 Å². The van der Waals surface area contributed by atoms with Crippen molar-refractivity contribution in [2.24, 2.45) is 0 Å². The Labute approximate surface area is 159 Å². The first-order valence-electron chi connectivity index (χ1n) is 8.72. The lowest BCUT2D eigenvalue weighted by Gasteiger charge is -2.26. The van der Waals surface area contributed by atoms with E-state index in [0.717, 1.165) is 19.3 Å². The van der Waals surface area contributed by atoms with E-state index in [4.69, 9.17) is 11.6 Å². The highest BCUT2D eigenvalue weighted by atomic mass is 35.5. The van der Waals surface area contributed by atoms with Crippen LogP contribution in [0, 0.1) is 5.82 Å². The van der Waals surface area contributed by atoms with Crippen molar-refractivity contribution < 1.29 is 12.8 Å². The van der Waals surface area contributed by atoms with Gasteiger partial charge < -0.3 is 5.32 Å². The first-order valence-corrected chi connectivity index (χ1v) is 10.5. The molecule has 1 heterocycles. The molecule has 26 heavy (non-hydrogen) atoms. The van der Waals surface area contributed by atoms with E-state index in [0.29, 0.717) is 40.7 Å². The van der Waals surface area contributed by atoms with Crippen molar-refractivity contribution >= 4 is 21.6 Å². The van der Waals surface area contributed by atoms with E-state index in [1.54, 1.807) is 34.6 Å². The van der Waals surface area contributed by atoms with Gasteiger partial charge in [-0.15, -0.1) is 0 Å². The van der Waals surface area contributed by atoms with Crippen molar-refractivity contribution in [2.75, 3.05) is 13.1 Å². The van der Waals surface area contributed by atoms with E-state index >= 15 is 0 Å². The summed E-state index contributed by atoms with van der Waals surface area (Å²) in [4.78, 5) is 0.314. The van der Waals surface area contributed by atoms with Crippen molar-refractivity contribution in [1.29, 1.82) is 0 Å². The van der Waals surface area contributed by atoms with Crippen LogP contribution in [0.15, 0.2) is 47.4 Å². The second kappa shape index (κ2) is 8.48. The van der Waals surface area contributed by atoms with Gasteiger partial charge in [-0.2, -0.15) is 4.31 Å². The van der Waals surface area contributed by atoms with Crippen LogP contribution in [0.2, 0.25) is 5.02 Å². The van der Waals surface area contributed by atoms with Gasteiger partial charge in [-0.1, -0.05) is 42.3 Å². The average Bonchev–Trinajstić information content (AvgIpc) is 2.65. The van der Waals surface area contributed by atoms with Gasteiger partial charge in [0.1, 0.15) is 5.82 Å². The predicted molar refractivity (Wildman–Crippen MR) is 101 cm³/mol. The van der Waals surface area contributed by atoms with Gasteiger partial charge >= 0.3 is 0 Å². The molecule has 140 valence electrons. The quantitative estimate of drug-likeness (QED) is 0.804. The Morgan fingerprint density at radius 2 is 1.73 bits per heavy atom. The zero-order valence-electron chi connectivity index (χ0n) is 14.4. The van der Waals surface area contributed by atoms with Gasteiger partial charge in [0.2, 0.25) is 10.0 Å². The summed E-state index contributed by atoms with van der Waals surface area (Å²) in [7, 11) is -3.51. The van der Waals surface area contributed by atoms with Crippen LogP contribution in [0.1, 0.15) is 30.4 Å². The number of hydrogen-bond acceptors (Lipinski definition) is 3. The van der Waals surface area contributed by atoms with Gasteiger partial charge in [-0.3, -0.25) is 0 Å². The Kier molecular flexibility index (Phi) is 6.29. The highest BCUT2D eigenvalue weighted by Gasteiger charge is 2.27. The van der Waals surface area contributed by atoms with E-state index in [1.807, 2.05) is 6.07 Å². The van der Waals surface area contributed by atoms with Crippen LogP contribution in [0.3, 0.4) is 0 Å². The molecule has 0 unspecified atom stereocenters. The number of sulfonamides is 1. The molecule has 7 heteroatoms. The summed E-state index contributed by atoms with van der Waals surface area (Å²) in [5.41, 5.74) is 1.05. The lowest BCUT2D eigenvalue weighted by Crippen LogP contribution is -2.36. The van der Waals surface area contributed by atoms with Crippen molar-refractivity contribution in [1.82, 2.24) is 9.62 Å². The summed E-state index contributed by atoms with van der Waals surface area (Å²) in [5, 5.41) is 3.46. The third kappa shape index (κ3) is 4.26. The van der Waals surface area contributed by atoms with E-state index in [1.165, 1.54) is 6.07 Å². The molecule has 1 N–H and O–H groups in total. The monoisotopic (exact) mass is 396 g/mol. The van der Waals surface area contributed by atoms with Crippen molar-refractivity contribution in [3.63, 3.8) is 0 Å². The minimum absolute atomic E-state index is 0.226. The fourth-order valence-electron chi connectivity index (χ4n) is 3.17. The molecule has 0 aliphatic carbocycles. The molecular weight excluding hydrogens is 375 g/mol. The number of nitrogens with zero attached hydrogens (tertiary/aromatic N) is 1. The number of rotatable bonds is 6. The molecular formula is C19H22ClFN2O2S. The first kappa shape index (κ1) is 19.3. The van der Waals surface area contributed by atoms with Crippen molar-refractivity contribution in [3.8, 4) is 0 Å². The normalized spacial score (nSPS) is 15.9. The van der Waals surface area contributed by atoms with Crippen LogP contribution in [-0.2, 0) is 23.1 Å². The molecule has 1 fully saturated rings. The zero-order valence-corrected chi connectivity index (χ0v) is 16.0. The smallest absolute Gasteiger partial charge is 0.243 e. The largest absolute Gasteiger partial charge is 0.308 e. The van der Waals surface area contributed by atoms with Crippen LogP contribution in [-0.4, -0.2) is 25.8 Å². The van der Waals surface area contributed by atoms with Gasteiger partial charge in [-0.25, -0.2) is 12.8 Å². The molecule has 0 aromatic heterocycles. The van der Waals surface area contributed by atoms with Crippen LogP contribution in [0.4, 0.5) is 4.39 Å². The van der Waals surface area contributed by atoms with Gasteiger partial charge in [0.25, 0.3) is 0 Å². The maximum Gasteiger partial charge on any atom is 0.243 e. The van der Waals surface area contributed by atoms with Crippen LogP contribution in [0.5, 0.6) is 0 Å². The van der Waals surface area contributed by atoms with E-state index in [2.05, 4.69) is 5.32 Å². The van der Waals surface area contributed by atoms with Gasteiger partial charge in [0.05, 0.1) is 4.90 Å². The molecule has 1 aliphatic heterocycles. The first-order chi connectivity index (χ1) is 12.5. The van der Waals surface area contributed by atoms with Crippen LogP contribution in [0.25, 0.3) is 0 Å². The summed E-state index contributed by atoms with van der Waals surface area (Å²) in [5.74, 6) is -0.376. The van der Waals surface area contributed by atoms with Crippen LogP contribution < -0.4 is 5.32 Å². The summed E-state index contributed by atoms with van der Waals surface area (Å²) < 4.78 is 41.4. The highest BCUT2D eigenvalue weighted by Crippen LogP contribution is 2.24. The molecule has 1 saturated heterocycles. The highest BCUT2D eigenvalue weighted by molar-refractivity contribution is 7.89. The number of piperidine rings is 1. The van der Waals surface area contributed by atoms with E-state index in [9.17, 15) is 12.8 Å². The molecule has 0 saturated carbocycles. The molecule has 3 rings (SSSR count). The van der Waals surface area contributed by atoms with Gasteiger partial charge in [0, 0.05) is 36.8 Å². The Bertz CT molecular complexity index is 847. The SMILES string of the molecule is O=S(=O)(c1ccccc1CNCc1c(F)cccc1Cl)N1CCCCC1. The lowest BCUT2D eigenvalue weighted by molar-refractivity contribution is 0.346. The lowest BCUT2D eigenvalue weighted by atomic mass is 10.2. The Morgan fingerprint density at radius 1 is 1.00 bits per heavy atom. The third-order valence-electron chi connectivity index (χ3n) is 4.58. The number of nitrogens with one attached hydrogen (secondary N) is 1. The Hall–Kier alpha value is -1.47. The third-order valence-corrected chi connectivity index (χ3v) is 6.94. The predicted octanol–water partition coefficient (Wildman–Crippen LogP) is 3.94. The zero-order chi connectivity index (χ0) is 18.6. The minimum Gasteiger partial charge on any atom is -0.308 e. The molecule has 0 atom stereocenters. The number of halogens is 2. The summed E-state index contributed by atoms with van der Waals surface area (Å²) in [6, 6.07) is 11.5. The summed E-state index contributed by atoms with van der Waals surface area (Å²) >= 11 is 6.03. The standard InChI is InChI=1S/C19H22ClFN2O2S/c20-17-8-6-9-18(21)16(17)14-22-13-15-7-2-3-10-19(15)26(24,25)23-11-4-1-5-12-23/h2-3,6-10,22H,1,4-5,11-14H2. The molecule has 0 bridgehead atoms. The molecule has 2 aromatic carbocycles. The fraction of sp³-hybridized carbons (Fsp3) is 0.368. The molecule has 0 radical (unpaired) electrons. The number of benzene rings is 2. The van der Waals surface area contributed by atoms with E-state index < -0.39 is 10.0 Å². The molecule has 4 nitrogen and oxygen atoms in total. The maximum absolute atomic E-state index is 13.9. The molecule has 0 spiro atoms. The average molecular weight is 397 g/mol. The minimum atomic E-state index is -3.51. The summed E-state index contributed by atoms with van der Waals surface area (Å²) in [6.45, 7) is 1.67. The molecule has 1 aliphatic rings. The Morgan fingerprint density at radius 3 is 2.46 bits per heavy atom. The molecule has 0 amide bonds. The van der Waals surface area contributed by atoms with Crippen molar-refractivity contribution in [3.05, 3.63) is 64.4 Å². The second-order valence-corrected chi connectivity index (χ2v) is 8.69. The Balaban J connectivity index is 1.75. The second-order valence-electron chi connectivity index (χ2n) is 6.38. The van der Waals surface area contributed by atoms with Gasteiger partial charge in [0.15, 0.2) is 0 Å². The summed E-state index contributed by atoms with van der Waals surface area (Å²) in [6.07, 6.45) is 2.86. The van der Waals surface area contributed by atoms with Crippen LogP contribution >= 0.6 is 11.6 Å².